The number of ether oxygens (including phenoxy) is 1. The number of rotatable bonds is 6. The summed E-state index contributed by atoms with van der Waals surface area (Å²) in [4.78, 5) is 2.41. The SMILES string of the molecule is CCN(Cc1cc(OC)ccc1O)CC1CCNCC1. The normalized spacial score (nSPS) is 16.6. The Kier molecular flexibility index (Phi) is 5.68. The fourth-order valence-corrected chi connectivity index (χ4v) is 2.79. The van der Waals surface area contributed by atoms with Crippen LogP contribution in [0.5, 0.6) is 11.5 Å². The Balaban J connectivity index is 1.98. The Hall–Kier alpha value is -1.26. The zero-order valence-electron chi connectivity index (χ0n) is 12.6. The lowest BCUT2D eigenvalue weighted by Crippen LogP contribution is -2.35. The van der Waals surface area contributed by atoms with Crippen LogP contribution in [0.4, 0.5) is 0 Å². The molecule has 20 heavy (non-hydrogen) atoms. The summed E-state index contributed by atoms with van der Waals surface area (Å²) in [5.41, 5.74) is 0.945. The number of hydrogen-bond acceptors (Lipinski definition) is 4. The van der Waals surface area contributed by atoms with Gasteiger partial charge in [-0.25, -0.2) is 0 Å². The first-order valence-electron chi connectivity index (χ1n) is 7.52. The topological polar surface area (TPSA) is 44.7 Å². The molecule has 1 aromatic carbocycles. The molecule has 0 aromatic heterocycles. The quantitative estimate of drug-likeness (QED) is 0.837. The molecule has 112 valence electrons. The van der Waals surface area contributed by atoms with Gasteiger partial charge in [0.1, 0.15) is 11.5 Å². The van der Waals surface area contributed by atoms with Gasteiger partial charge in [0, 0.05) is 18.7 Å². The summed E-state index contributed by atoms with van der Waals surface area (Å²) >= 11 is 0. The predicted octanol–water partition coefficient (Wildman–Crippen LogP) is 2.22. The van der Waals surface area contributed by atoms with E-state index in [1.165, 1.54) is 12.8 Å². The Bertz CT molecular complexity index is 417. The van der Waals surface area contributed by atoms with E-state index in [1.54, 1.807) is 19.2 Å². The Morgan fingerprint density at radius 3 is 2.75 bits per heavy atom. The summed E-state index contributed by atoms with van der Waals surface area (Å²) in [5.74, 6) is 1.93. The van der Waals surface area contributed by atoms with Crippen molar-refractivity contribution in [2.75, 3.05) is 33.3 Å². The summed E-state index contributed by atoms with van der Waals surface area (Å²) in [6.07, 6.45) is 2.50. The minimum Gasteiger partial charge on any atom is -0.508 e. The van der Waals surface area contributed by atoms with Gasteiger partial charge in [-0.1, -0.05) is 6.92 Å². The molecule has 1 saturated heterocycles. The van der Waals surface area contributed by atoms with Crippen molar-refractivity contribution in [3.05, 3.63) is 23.8 Å². The number of hydrogen-bond donors (Lipinski definition) is 2. The maximum atomic E-state index is 9.99. The third-order valence-corrected chi connectivity index (χ3v) is 4.10. The van der Waals surface area contributed by atoms with Crippen LogP contribution in [0.15, 0.2) is 18.2 Å². The van der Waals surface area contributed by atoms with E-state index in [-0.39, 0.29) is 0 Å². The Morgan fingerprint density at radius 1 is 1.35 bits per heavy atom. The molecule has 0 amide bonds. The zero-order valence-corrected chi connectivity index (χ0v) is 12.6. The second-order valence-corrected chi connectivity index (χ2v) is 5.52. The van der Waals surface area contributed by atoms with E-state index >= 15 is 0 Å². The van der Waals surface area contributed by atoms with E-state index in [4.69, 9.17) is 4.74 Å². The van der Waals surface area contributed by atoms with Crippen LogP contribution in [0.3, 0.4) is 0 Å². The van der Waals surface area contributed by atoms with Crippen molar-refractivity contribution in [3.8, 4) is 11.5 Å². The molecule has 1 heterocycles. The van der Waals surface area contributed by atoms with Gasteiger partial charge >= 0.3 is 0 Å². The molecular weight excluding hydrogens is 252 g/mol. The van der Waals surface area contributed by atoms with Gasteiger partial charge in [0.25, 0.3) is 0 Å². The van der Waals surface area contributed by atoms with Gasteiger partial charge in [0.15, 0.2) is 0 Å². The maximum absolute atomic E-state index is 9.99. The van der Waals surface area contributed by atoms with Crippen LogP contribution < -0.4 is 10.1 Å². The lowest BCUT2D eigenvalue weighted by atomic mass is 9.97. The van der Waals surface area contributed by atoms with Crippen LogP contribution in [-0.4, -0.2) is 43.3 Å². The summed E-state index contributed by atoms with van der Waals surface area (Å²) < 4.78 is 5.24. The highest BCUT2D eigenvalue weighted by atomic mass is 16.5. The third-order valence-electron chi connectivity index (χ3n) is 4.10. The molecule has 1 aliphatic heterocycles. The van der Waals surface area contributed by atoms with Crippen molar-refractivity contribution in [1.29, 1.82) is 0 Å². The van der Waals surface area contributed by atoms with E-state index in [0.29, 0.717) is 5.75 Å². The number of phenols is 1. The standard InChI is InChI=1S/C16H26N2O2/c1-3-18(11-13-6-8-17-9-7-13)12-14-10-15(20-2)4-5-16(14)19/h4-5,10,13,17,19H,3,6-9,11-12H2,1-2H3. The molecule has 0 radical (unpaired) electrons. The second kappa shape index (κ2) is 7.50. The fourth-order valence-electron chi connectivity index (χ4n) is 2.79. The number of piperidine rings is 1. The van der Waals surface area contributed by atoms with Crippen molar-refractivity contribution in [2.45, 2.75) is 26.3 Å². The van der Waals surface area contributed by atoms with Crippen LogP contribution in [-0.2, 0) is 6.54 Å². The molecular formula is C16H26N2O2. The molecule has 0 atom stereocenters. The molecule has 0 unspecified atom stereocenters. The van der Waals surface area contributed by atoms with E-state index < -0.39 is 0 Å². The summed E-state index contributed by atoms with van der Waals surface area (Å²) in [6, 6.07) is 5.44. The Morgan fingerprint density at radius 2 is 2.10 bits per heavy atom. The third kappa shape index (κ3) is 4.12. The molecule has 2 N–H and O–H groups in total. The lowest BCUT2D eigenvalue weighted by Gasteiger charge is -2.29. The number of aromatic hydroxyl groups is 1. The molecule has 1 aliphatic rings. The van der Waals surface area contributed by atoms with Crippen molar-refractivity contribution >= 4 is 0 Å². The van der Waals surface area contributed by atoms with Crippen LogP contribution in [0.1, 0.15) is 25.3 Å². The predicted molar refractivity (Wildman–Crippen MR) is 81.2 cm³/mol. The Labute approximate surface area is 121 Å². The smallest absolute Gasteiger partial charge is 0.120 e. The van der Waals surface area contributed by atoms with Gasteiger partial charge in [-0.15, -0.1) is 0 Å². The van der Waals surface area contributed by atoms with Crippen molar-refractivity contribution in [3.63, 3.8) is 0 Å². The van der Waals surface area contributed by atoms with Gasteiger partial charge in [-0.3, -0.25) is 4.90 Å². The first-order chi connectivity index (χ1) is 9.72. The van der Waals surface area contributed by atoms with Gasteiger partial charge in [0.05, 0.1) is 7.11 Å². The number of nitrogens with zero attached hydrogens (tertiary/aromatic N) is 1. The minimum atomic E-state index is 0.356. The van der Waals surface area contributed by atoms with Gasteiger partial charge in [0.2, 0.25) is 0 Å². The van der Waals surface area contributed by atoms with E-state index in [2.05, 4.69) is 17.1 Å². The number of nitrogens with one attached hydrogen (secondary N) is 1. The first-order valence-corrected chi connectivity index (χ1v) is 7.52. The van der Waals surface area contributed by atoms with E-state index in [0.717, 1.165) is 50.0 Å². The first kappa shape index (κ1) is 15.1. The van der Waals surface area contributed by atoms with Crippen LogP contribution in [0.25, 0.3) is 0 Å². The number of methoxy groups -OCH3 is 1. The molecule has 2 rings (SSSR count). The highest BCUT2D eigenvalue weighted by molar-refractivity contribution is 5.39. The van der Waals surface area contributed by atoms with Crippen LogP contribution in [0, 0.1) is 5.92 Å². The highest BCUT2D eigenvalue weighted by Gasteiger charge is 2.17. The van der Waals surface area contributed by atoms with Gasteiger partial charge < -0.3 is 15.2 Å². The second-order valence-electron chi connectivity index (χ2n) is 5.52. The van der Waals surface area contributed by atoms with Crippen LogP contribution in [0.2, 0.25) is 0 Å². The number of phenolic OH excluding ortho intramolecular Hbond substituents is 1. The van der Waals surface area contributed by atoms with Gasteiger partial charge in [-0.2, -0.15) is 0 Å². The van der Waals surface area contributed by atoms with Gasteiger partial charge in [-0.05, 0) is 56.6 Å². The molecule has 0 saturated carbocycles. The van der Waals surface area contributed by atoms with Crippen molar-refractivity contribution < 1.29 is 9.84 Å². The minimum absolute atomic E-state index is 0.356. The summed E-state index contributed by atoms with van der Waals surface area (Å²) in [5, 5.41) is 13.4. The lowest BCUT2D eigenvalue weighted by molar-refractivity contribution is 0.205. The highest BCUT2D eigenvalue weighted by Crippen LogP contribution is 2.25. The monoisotopic (exact) mass is 278 g/mol. The van der Waals surface area contributed by atoms with E-state index in [9.17, 15) is 5.11 Å². The molecule has 4 nitrogen and oxygen atoms in total. The van der Waals surface area contributed by atoms with E-state index in [1.807, 2.05) is 6.07 Å². The number of benzene rings is 1. The largest absolute Gasteiger partial charge is 0.508 e. The molecule has 0 spiro atoms. The molecule has 0 aliphatic carbocycles. The average molecular weight is 278 g/mol. The van der Waals surface area contributed by atoms with Crippen molar-refractivity contribution in [1.82, 2.24) is 10.2 Å². The molecule has 1 fully saturated rings. The summed E-state index contributed by atoms with van der Waals surface area (Å²) in [7, 11) is 1.66. The molecule has 0 bridgehead atoms. The average Bonchev–Trinajstić information content (AvgIpc) is 2.49. The molecule has 1 aromatic rings. The van der Waals surface area contributed by atoms with Crippen molar-refractivity contribution in [2.24, 2.45) is 5.92 Å². The van der Waals surface area contributed by atoms with Crippen LogP contribution >= 0.6 is 0 Å². The summed E-state index contributed by atoms with van der Waals surface area (Å²) in [6.45, 7) is 7.33. The molecule has 4 heteroatoms. The maximum Gasteiger partial charge on any atom is 0.120 e. The fraction of sp³-hybridized carbons (Fsp3) is 0.625. The zero-order chi connectivity index (χ0) is 14.4.